The minimum absolute atomic E-state index is 0.0880. The van der Waals surface area contributed by atoms with Crippen molar-refractivity contribution in [2.75, 3.05) is 11.9 Å². The fourth-order valence-corrected chi connectivity index (χ4v) is 2.55. The lowest BCUT2D eigenvalue weighted by Crippen LogP contribution is -2.20. The van der Waals surface area contributed by atoms with Crippen LogP contribution in [0.4, 0.5) is 10.1 Å². The number of nitrogens with one attached hydrogen (secondary N) is 1. The molecule has 0 atom stereocenters. The van der Waals surface area contributed by atoms with Gasteiger partial charge in [0.05, 0.1) is 0 Å². The molecule has 3 rings (SSSR count). The zero-order valence-electron chi connectivity index (χ0n) is 11.6. The molecule has 0 spiro atoms. The molecule has 21 heavy (non-hydrogen) atoms. The number of anilines is 1. The first-order chi connectivity index (χ1) is 10.2. The van der Waals surface area contributed by atoms with Crippen molar-refractivity contribution in [2.45, 2.75) is 19.3 Å². The number of hydrogen-bond donors (Lipinski definition) is 1. The van der Waals surface area contributed by atoms with Gasteiger partial charge in [-0.1, -0.05) is 12.1 Å². The minimum Gasteiger partial charge on any atom is -0.484 e. The molecule has 0 saturated carbocycles. The molecule has 0 bridgehead atoms. The van der Waals surface area contributed by atoms with Crippen molar-refractivity contribution in [3.05, 3.63) is 59.4 Å². The Balaban J connectivity index is 1.56. The first-order valence-electron chi connectivity index (χ1n) is 7.01. The summed E-state index contributed by atoms with van der Waals surface area (Å²) in [6.07, 6.45) is 3.37. The van der Waals surface area contributed by atoms with Gasteiger partial charge in [0.15, 0.2) is 6.61 Å². The van der Waals surface area contributed by atoms with Crippen LogP contribution in [0.2, 0.25) is 0 Å². The molecular weight excluding hydrogens is 269 g/mol. The van der Waals surface area contributed by atoms with Crippen molar-refractivity contribution in [1.82, 2.24) is 0 Å². The van der Waals surface area contributed by atoms with Gasteiger partial charge < -0.3 is 10.1 Å². The van der Waals surface area contributed by atoms with Gasteiger partial charge in [0, 0.05) is 5.69 Å². The first kappa shape index (κ1) is 13.6. The van der Waals surface area contributed by atoms with E-state index in [1.165, 1.54) is 29.7 Å². The molecule has 0 radical (unpaired) electrons. The van der Waals surface area contributed by atoms with Crippen LogP contribution < -0.4 is 10.1 Å². The molecule has 0 heterocycles. The summed E-state index contributed by atoms with van der Waals surface area (Å²) in [7, 11) is 0. The zero-order chi connectivity index (χ0) is 14.7. The van der Waals surface area contributed by atoms with Crippen LogP contribution in [-0.2, 0) is 17.6 Å². The standard InChI is InChI=1S/C17H16FNO2/c18-14-5-2-6-15(10-14)19-17(20)11-21-16-8-7-12-3-1-4-13(12)9-16/h2,5-10H,1,3-4,11H2,(H,19,20). The minimum atomic E-state index is -0.382. The van der Waals surface area contributed by atoms with Crippen molar-refractivity contribution in [1.29, 1.82) is 0 Å². The largest absolute Gasteiger partial charge is 0.484 e. The quantitative estimate of drug-likeness (QED) is 0.935. The van der Waals surface area contributed by atoms with Crippen LogP contribution in [-0.4, -0.2) is 12.5 Å². The third kappa shape index (κ3) is 3.40. The number of rotatable bonds is 4. The van der Waals surface area contributed by atoms with E-state index < -0.39 is 0 Å². The normalized spacial score (nSPS) is 12.8. The van der Waals surface area contributed by atoms with E-state index in [0.717, 1.165) is 12.8 Å². The molecule has 1 N–H and O–H groups in total. The van der Waals surface area contributed by atoms with Crippen LogP contribution in [0.5, 0.6) is 5.75 Å². The van der Waals surface area contributed by atoms with E-state index in [-0.39, 0.29) is 18.3 Å². The monoisotopic (exact) mass is 285 g/mol. The lowest BCUT2D eigenvalue weighted by molar-refractivity contribution is -0.118. The lowest BCUT2D eigenvalue weighted by Gasteiger charge is -2.09. The third-order valence-electron chi connectivity index (χ3n) is 3.55. The van der Waals surface area contributed by atoms with Crippen LogP contribution >= 0.6 is 0 Å². The van der Waals surface area contributed by atoms with Gasteiger partial charge in [0.25, 0.3) is 5.91 Å². The number of aryl methyl sites for hydroxylation is 2. The molecule has 1 aliphatic carbocycles. The average Bonchev–Trinajstić information content (AvgIpc) is 2.92. The second kappa shape index (κ2) is 5.95. The Kier molecular flexibility index (Phi) is 3.86. The summed E-state index contributed by atoms with van der Waals surface area (Å²) in [5.74, 6) is 0.0125. The van der Waals surface area contributed by atoms with E-state index in [4.69, 9.17) is 4.74 Å². The molecule has 3 nitrogen and oxygen atoms in total. The summed E-state index contributed by atoms with van der Waals surface area (Å²) in [5, 5.41) is 2.60. The number of benzene rings is 2. The SMILES string of the molecule is O=C(COc1ccc2c(c1)CCC2)Nc1cccc(F)c1. The smallest absolute Gasteiger partial charge is 0.262 e. The number of halogens is 1. The molecule has 0 fully saturated rings. The summed E-state index contributed by atoms with van der Waals surface area (Å²) >= 11 is 0. The number of hydrogen-bond acceptors (Lipinski definition) is 2. The van der Waals surface area contributed by atoms with Gasteiger partial charge in [-0.25, -0.2) is 4.39 Å². The van der Waals surface area contributed by atoms with Crippen molar-refractivity contribution in [2.24, 2.45) is 0 Å². The average molecular weight is 285 g/mol. The molecule has 2 aromatic rings. The molecule has 0 saturated heterocycles. The van der Waals surface area contributed by atoms with Crippen LogP contribution in [0.1, 0.15) is 17.5 Å². The fourth-order valence-electron chi connectivity index (χ4n) is 2.55. The highest BCUT2D eigenvalue weighted by atomic mass is 19.1. The Morgan fingerprint density at radius 3 is 2.86 bits per heavy atom. The Morgan fingerprint density at radius 1 is 1.14 bits per heavy atom. The van der Waals surface area contributed by atoms with E-state index in [1.54, 1.807) is 12.1 Å². The van der Waals surface area contributed by atoms with E-state index in [2.05, 4.69) is 11.4 Å². The Hall–Kier alpha value is -2.36. The third-order valence-corrected chi connectivity index (χ3v) is 3.55. The molecule has 1 amide bonds. The Bertz CT molecular complexity index is 670. The highest BCUT2D eigenvalue weighted by molar-refractivity contribution is 5.91. The topological polar surface area (TPSA) is 38.3 Å². The van der Waals surface area contributed by atoms with E-state index in [1.807, 2.05) is 12.1 Å². The van der Waals surface area contributed by atoms with E-state index in [9.17, 15) is 9.18 Å². The number of carbonyl (C=O) groups excluding carboxylic acids is 1. The Morgan fingerprint density at radius 2 is 2.00 bits per heavy atom. The summed E-state index contributed by atoms with van der Waals surface area (Å²) in [6, 6.07) is 11.7. The van der Waals surface area contributed by atoms with E-state index >= 15 is 0 Å². The molecule has 0 aromatic heterocycles. The van der Waals surface area contributed by atoms with Gasteiger partial charge in [0.1, 0.15) is 11.6 Å². The van der Waals surface area contributed by atoms with Crippen LogP contribution in [0.25, 0.3) is 0 Å². The molecule has 4 heteroatoms. The maximum absolute atomic E-state index is 13.0. The second-order valence-corrected chi connectivity index (χ2v) is 5.13. The summed E-state index contributed by atoms with van der Waals surface area (Å²) in [4.78, 5) is 11.8. The fraction of sp³-hybridized carbons (Fsp3) is 0.235. The maximum Gasteiger partial charge on any atom is 0.262 e. The van der Waals surface area contributed by atoms with Crippen molar-refractivity contribution < 1.29 is 13.9 Å². The van der Waals surface area contributed by atoms with Gasteiger partial charge in [-0.2, -0.15) is 0 Å². The molecule has 1 aliphatic rings. The number of ether oxygens (including phenoxy) is 1. The number of fused-ring (bicyclic) bond motifs is 1. The molecule has 0 aliphatic heterocycles. The van der Waals surface area contributed by atoms with Crippen molar-refractivity contribution in [3.63, 3.8) is 0 Å². The molecule has 108 valence electrons. The highest BCUT2D eigenvalue weighted by Crippen LogP contribution is 2.25. The summed E-state index contributed by atoms with van der Waals surface area (Å²) in [5.41, 5.74) is 3.10. The van der Waals surface area contributed by atoms with Crippen molar-refractivity contribution in [3.8, 4) is 5.75 Å². The van der Waals surface area contributed by atoms with Gasteiger partial charge in [-0.15, -0.1) is 0 Å². The lowest BCUT2D eigenvalue weighted by atomic mass is 10.1. The number of amides is 1. The van der Waals surface area contributed by atoms with Gasteiger partial charge >= 0.3 is 0 Å². The predicted octanol–water partition coefficient (Wildman–Crippen LogP) is 3.33. The van der Waals surface area contributed by atoms with Gasteiger partial charge in [-0.05, 0) is 60.7 Å². The van der Waals surface area contributed by atoms with E-state index in [0.29, 0.717) is 11.4 Å². The zero-order valence-corrected chi connectivity index (χ0v) is 11.6. The summed E-state index contributed by atoms with van der Waals surface area (Å²) in [6.45, 7) is -0.0880. The Labute approximate surface area is 122 Å². The van der Waals surface area contributed by atoms with Crippen molar-refractivity contribution >= 4 is 11.6 Å². The van der Waals surface area contributed by atoms with Crippen LogP contribution in [0.3, 0.4) is 0 Å². The number of carbonyl (C=O) groups is 1. The highest BCUT2D eigenvalue weighted by Gasteiger charge is 2.12. The second-order valence-electron chi connectivity index (χ2n) is 5.13. The molecule has 0 unspecified atom stereocenters. The van der Waals surface area contributed by atoms with Crippen LogP contribution in [0.15, 0.2) is 42.5 Å². The van der Waals surface area contributed by atoms with Crippen LogP contribution in [0, 0.1) is 5.82 Å². The van der Waals surface area contributed by atoms with Gasteiger partial charge in [-0.3, -0.25) is 4.79 Å². The summed E-state index contributed by atoms with van der Waals surface area (Å²) < 4.78 is 18.5. The first-order valence-corrected chi connectivity index (χ1v) is 7.01. The van der Waals surface area contributed by atoms with Gasteiger partial charge in [0.2, 0.25) is 0 Å². The molecule has 2 aromatic carbocycles. The molecular formula is C17H16FNO2. The predicted molar refractivity (Wildman–Crippen MR) is 79.0 cm³/mol. The maximum atomic E-state index is 13.0.